The third kappa shape index (κ3) is 7.21. The lowest BCUT2D eigenvalue weighted by atomic mass is 10.1. The van der Waals surface area contributed by atoms with Gasteiger partial charge in [0.15, 0.2) is 6.61 Å². The van der Waals surface area contributed by atoms with Gasteiger partial charge in [-0.3, -0.25) is 25.2 Å². The number of rotatable bonds is 9. The highest BCUT2D eigenvalue weighted by Gasteiger charge is 2.11. The van der Waals surface area contributed by atoms with Crippen molar-refractivity contribution < 1.29 is 23.9 Å². The number of anilines is 1. The molecule has 3 aromatic rings. The van der Waals surface area contributed by atoms with E-state index >= 15 is 0 Å². The van der Waals surface area contributed by atoms with Crippen molar-refractivity contribution >= 4 is 50.1 Å². The molecular weight excluding hydrogens is 490 g/mol. The van der Waals surface area contributed by atoms with Crippen LogP contribution >= 0.6 is 15.9 Å². The molecule has 0 aliphatic carbocycles. The second kappa shape index (κ2) is 11.9. The topological polar surface area (TPSA) is 106 Å². The van der Waals surface area contributed by atoms with E-state index in [1.165, 1.54) is 0 Å². The maximum atomic E-state index is 12.0. The van der Waals surface area contributed by atoms with Gasteiger partial charge < -0.3 is 14.8 Å². The van der Waals surface area contributed by atoms with E-state index in [9.17, 15) is 14.4 Å². The number of carbonyl (C=O) groups excluding carboxylic acids is 3. The van der Waals surface area contributed by atoms with Crippen LogP contribution in [0.25, 0.3) is 10.8 Å². The van der Waals surface area contributed by atoms with Crippen LogP contribution in [0.15, 0.2) is 65.1 Å². The molecule has 9 heteroatoms. The Morgan fingerprint density at radius 1 is 0.818 bits per heavy atom. The average molecular weight is 514 g/mol. The van der Waals surface area contributed by atoms with Gasteiger partial charge in [-0.05, 0) is 64.0 Å². The summed E-state index contributed by atoms with van der Waals surface area (Å²) in [4.78, 5) is 35.9. The molecule has 0 heterocycles. The fraction of sp³-hybridized carbons (Fsp3) is 0.208. The number of hydrogen-bond donors (Lipinski definition) is 3. The summed E-state index contributed by atoms with van der Waals surface area (Å²) in [6.45, 7) is 2.17. The average Bonchev–Trinajstić information content (AvgIpc) is 2.82. The zero-order valence-corrected chi connectivity index (χ0v) is 19.6. The summed E-state index contributed by atoms with van der Waals surface area (Å²) in [5, 5.41) is 4.71. The summed E-state index contributed by atoms with van der Waals surface area (Å²) < 4.78 is 11.6. The van der Waals surface area contributed by atoms with Crippen molar-refractivity contribution in [1.82, 2.24) is 10.9 Å². The fourth-order valence-electron chi connectivity index (χ4n) is 2.96. The molecule has 8 nitrogen and oxygen atoms in total. The summed E-state index contributed by atoms with van der Waals surface area (Å²) in [5.41, 5.74) is 5.16. The lowest BCUT2D eigenvalue weighted by molar-refractivity contribution is -0.130. The minimum atomic E-state index is -0.526. The van der Waals surface area contributed by atoms with E-state index in [0.717, 1.165) is 15.2 Å². The van der Waals surface area contributed by atoms with Crippen molar-refractivity contribution in [3.63, 3.8) is 0 Å². The Morgan fingerprint density at radius 2 is 1.52 bits per heavy atom. The second-order valence-electron chi connectivity index (χ2n) is 6.99. The molecule has 0 radical (unpaired) electrons. The number of halogens is 1. The number of hydrogen-bond acceptors (Lipinski definition) is 5. The molecule has 3 rings (SSSR count). The number of fused-ring (bicyclic) bond motifs is 1. The van der Waals surface area contributed by atoms with Gasteiger partial charge in [-0.25, -0.2) is 0 Å². The number of carbonyl (C=O) groups is 3. The second-order valence-corrected chi connectivity index (χ2v) is 7.78. The third-order valence-corrected chi connectivity index (χ3v) is 5.37. The van der Waals surface area contributed by atoms with E-state index in [2.05, 4.69) is 32.1 Å². The molecule has 0 unspecified atom stereocenters. The maximum Gasteiger partial charge on any atom is 0.276 e. The van der Waals surface area contributed by atoms with E-state index in [1.807, 2.05) is 37.3 Å². The normalized spacial score (nSPS) is 10.4. The largest absolute Gasteiger partial charge is 0.494 e. The van der Waals surface area contributed by atoms with E-state index in [0.29, 0.717) is 23.8 Å². The molecule has 0 aliphatic heterocycles. The minimum absolute atomic E-state index is 0.0323. The van der Waals surface area contributed by atoms with Crippen LogP contribution in [0.2, 0.25) is 0 Å². The fourth-order valence-corrected chi connectivity index (χ4v) is 3.57. The summed E-state index contributed by atoms with van der Waals surface area (Å²) >= 11 is 3.49. The molecule has 172 valence electrons. The Balaban J connectivity index is 1.36. The van der Waals surface area contributed by atoms with E-state index < -0.39 is 11.8 Å². The molecule has 0 atom stereocenters. The van der Waals surface area contributed by atoms with Crippen LogP contribution in [0.4, 0.5) is 5.69 Å². The lowest BCUT2D eigenvalue weighted by Crippen LogP contribution is -2.44. The number of ether oxygens (including phenoxy) is 2. The lowest BCUT2D eigenvalue weighted by Gasteiger charge is -2.11. The van der Waals surface area contributed by atoms with Crippen LogP contribution in [0.5, 0.6) is 11.5 Å². The molecule has 0 aromatic heterocycles. The zero-order valence-electron chi connectivity index (χ0n) is 18.0. The van der Waals surface area contributed by atoms with E-state index in [-0.39, 0.29) is 25.4 Å². The maximum absolute atomic E-state index is 12.0. The molecule has 0 aliphatic rings. The van der Waals surface area contributed by atoms with Crippen molar-refractivity contribution in [3.8, 4) is 11.5 Å². The monoisotopic (exact) mass is 513 g/mol. The highest BCUT2D eigenvalue weighted by molar-refractivity contribution is 9.10. The third-order valence-electron chi connectivity index (χ3n) is 4.56. The summed E-state index contributed by atoms with van der Waals surface area (Å²) in [6, 6.07) is 18.4. The van der Waals surface area contributed by atoms with E-state index in [1.54, 1.807) is 30.3 Å². The smallest absolute Gasteiger partial charge is 0.276 e. The van der Waals surface area contributed by atoms with Gasteiger partial charge in [-0.2, -0.15) is 0 Å². The van der Waals surface area contributed by atoms with Gasteiger partial charge in [0, 0.05) is 18.5 Å². The quantitative estimate of drug-likeness (QED) is 0.375. The van der Waals surface area contributed by atoms with Crippen molar-refractivity contribution in [2.24, 2.45) is 0 Å². The highest BCUT2D eigenvalue weighted by atomic mass is 79.9. The van der Waals surface area contributed by atoms with Crippen molar-refractivity contribution in [2.45, 2.75) is 19.8 Å². The minimum Gasteiger partial charge on any atom is -0.494 e. The number of hydrazine groups is 1. The van der Waals surface area contributed by atoms with Gasteiger partial charge in [0.2, 0.25) is 11.8 Å². The molecule has 3 N–H and O–H groups in total. The summed E-state index contributed by atoms with van der Waals surface area (Å²) in [7, 11) is 0. The van der Waals surface area contributed by atoms with E-state index in [4.69, 9.17) is 9.47 Å². The standard InChI is InChI=1S/C24H24BrN3O5/c1-2-32-18-10-8-17(9-11-18)26-21(29)13-14-22(30)27-28-23(31)15-33-20-12-7-16-5-3-4-6-19(16)24(20)25/h3-12H,2,13-15H2,1H3,(H,26,29)(H,27,30)(H,28,31). The first-order valence-electron chi connectivity index (χ1n) is 10.4. The predicted molar refractivity (Wildman–Crippen MR) is 129 cm³/mol. The molecule has 0 bridgehead atoms. The van der Waals surface area contributed by atoms with Crippen LogP contribution in [0.1, 0.15) is 19.8 Å². The van der Waals surface area contributed by atoms with Crippen LogP contribution < -0.4 is 25.6 Å². The molecule has 0 spiro atoms. The summed E-state index contributed by atoms with van der Waals surface area (Å²) in [5.74, 6) is -0.104. The number of nitrogens with one attached hydrogen (secondary N) is 3. The van der Waals surface area contributed by atoms with Crippen molar-refractivity contribution in [3.05, 3.63) is 65.1 Å². The molecule has 0 fully saturated rings. The molecule has 0 saturated carbocycles. The first-order chi connectivity index (χ1) is 16.0. The predicted octanol–water partition coefficient (Wildman–Crippen LogP) is 3.95. The molecule has 33 heavy (non-hydrogen) atoms. The zero-order chi connectivity index (χ0) is 23.6. The van der Waals surface area contributed by atoms with Gasteiger partial charge in [0.25, 0.3) is 5.91 Å². The SMILES string of the molecule is CCOc1ccc(NC(=O)CCC(=O)NNC(=O)COc2ccc3ccccc3c2Br)cc1. The molecular formula is C24H24BrN3O5. The Hall–Kier alpha value is -3.59. The number of benzene rings is 3. The molecule has 3 amide bonds. The number of amides is 3. The van der Waals surface area contributed by atoms with Gasteiger partial charge in [-0.15, -0.1) is 0 Å². The Bertz CT molecular complexity index is 1130. The molecule has 3 aromatic carbocycles. The molecule has 0 saturated heterocycles. The Kier molecular flexibility index (Phi) is 8.65. The highest BCUT2D eigenvalue weighted by Crippen LogP contribution is 2.32. The van der Waals surface area contributed by atoms with Crippen LogP contribution in [-0.2, 0) is 14.4 Å². The van der Waals surface area contributed by atoms with Gasteiger partial charge in [0.05, 0.1) is 11.1 Å². The van der Waals surface area contributed by atoms with Gasteiger partial charge in [0.1, 0.15) is 11.5 Å². The first-order valence-corrected chi connectivity index (χ1v) is 11.2. The Labute approximate surface area is 199 Å². The van der Waals surface area contributed by atoms with Gasteiger partial charge >= 0.3 is 0 Å². The van der Waals surface area contributed by atoms with Crippen LogP contribution in [0, 0.1) is 0 Å². The first kappa shape index (κ1) is 24.1. The van der Waals surface area contributed by atoms with Crippen molar-refractivity contribution in [2.75, 3.05) is 18.5 Å². The summed E-state index contributed by atoms with van der Waals surface area (Å²) in [6.07, 6.45) is -0.115. The van der Waals surface area contributed by atoms with Crippen LogP contribution in [0.3, 0.4) is 0 Å². The van der Waals surface area contributed by atoms with Gasteiger partial charge in [-0.1, -0.05) is 30.3 Å². The Morgan fingerprint density at radius 3 is 2.27 bits per heavy atom. The van der Waals surface area contributed by atoms with Crippen LogP contribution in [-0.4, -0.2) is 30.9 Å². The van der Waals surface area contributed by atoms with Crippen molar-refractivity contribution in [1.29, 1.82) is 0 Å².